The molecule has 0 amide bonds. The zero-order valence-electron chi connectivity index (χ0n) is 11.8. The lowest BCUT2D eigenvalue weighted by Crippen LogP contribution is -2.29. The van der Waals surface area contributed by atoms with Crippen molar-refractivity contribution in [3.63, 3.8) is 0 Å². The number of benzene rings is 1. The minimum atomic E-state index is 0.120. The van der Waals surface area contributed by atoms with Crippen molar-refractivity contribution < 1.29 is 4.42 Å². The van der Waals surface area contributed by atoms with Crippen molar-refractivity contribution in [3.8, 4) is 0 Å². The number of furan rings is 1. The zero-order chi connectivity index (χ0) is 14.8. The molecule has 0 spiro atoms. The Labute approximate surface area is 132 Å². The Balaban J connectivity index is 1.87. The number of fused-ring (bicyclic) bond motifs is 1. The molecule has 2 N–H and O–H groups in total. The number of rotatable bonds is 5. The SMILES string of the molecule is CN(Cc1ccc(Cl)s1)C(CN)c1coc2ccccc12. The highest BCUT2D eigenvalue weighted by molar-refractivity contribution is 7.16. The molecule has 0 bridgehead atoms. The van der Waals surface area contributed by atoms with E-state index in [-0.39, 0.29) is 6.04 Å². The van der Waals surface area contributed by atoms with Gasteiger partial charge in [0.15, 0.2) is 0 Å². The maximum Gasteiger partial charge on any atom is 0.134 e. The molecular formula is C16H17ClN2OS. The van der Waals surface area contributed by atoms with E-state index >= 15 is 0 Å². The Morgan fingerprint density at radius 3 is 2.81 bits per heavy atom. The third-order valence-electron chi connectivity index (χ3n) is 3.66. The predicted octanol–water partition coefficient (Wildman–Crippen LogP) is 4.28. The quantitative estimate of drug-likeness (QED) is 0.763. The molecule has 5 heteroatoms. The lowest BCUT2D eigenvalue weighted by Gasteiger charge is -2.26. The molecule has 3 rings (SSSR count). The van der Waals surface area contributed by atoms with Crippen LogP contribution in [-0.4, -0.2) is 18.5 Å². The number of nitrogens with two attached hydrogens (primary N) is 1. The summed E-state index contributed by atoms with van der Waals surface area (Å²) >= 11 is 7.60. The molecule has 0 aliphatic rings. The predicted molar refractivity (Wildman–Crippen MR) is 88.8 cm³/mol. The summed E-state index contributed by atoms with van der Waals surface area (Å²) in [5, 5.41) is 1.13. The van der Waals surface area contributed by atoms with Gasteiger partial charge in [0, 0.05) is 28.9 Å². The topological polar surface area (TPSA) is 42.4 Å². The molecule has 1 aromatic carbocycles. The van der Waals surface area contributed by atoms with Crippen molar-refractivity contribution >= 4 is 33.9 Å². The fraction of sp³-hybridized carbons (Fsp3) is 0.250. The standard InChI is InChI=1S/C16H17ClN2OS/c1-19(9-11-6-7-16(17)21-11)14(8-18)13-10-20-15-5-3-2-4-12(13)15/h2-7,10,14H,8-9,18H2,1H3. The first-order valence-electron chi connectivity index (χ1n) is 6.79. The molecule has 0 aliphatic carbocycles. The molecule has 0 radical (unpaired) electrons. The fourth-order valence-corrected chi connectivity index (χ4v) is 3.74. The smallest absolute Gasteiger partial charge is 0.134 e. The van der Waals surface area contributed by atoms with Crippen molar-refractivity contribution in [1.29, 1.82) is 0 Å². The molecule has 0 aliphatic heterocycles. The molecule has 1 unspecified atom stereocenters. The normalized spacial score (nSPS) is 13.1. The van der Waals surface area contributed by atoms with Gasteiger partial charge in [0.2, 0.25) is 0 Å². The lowest BCUT2D eigenvalue weighted by molar-refractivity contribution is 0.244. The maximum atomic E-state index is 6.01. The first kappa shape index (κ1) is 14.6. The largest absolute Gasteiger partial charge is 0.464 e. The first-order chi connectivity index (χ1) is 10.2. The fourth-order valence-electron chi connectivity index (χ4n) is 2.59. The second-order valence-electron chi connectivity index (χ2n) is 5.06. The first-order valence-corrected chi connectivity index (χ1v) is 7.99. The second-order valence-corrected chi connectivity index (χ2v) is 6.86. The van der Waals surface area contributed by atoms with Crippen LogP contribution in [0.25, 0.3) is 11.0 Å². The summed E-state index contributed by atoms with van der Waals surface area (Å²) in [6.07, 6.45) is 1.82. The molecule has 110 valence electrons. The van der Waals surface area contributed by atoms with Crippen LogP contribution < -0.4 is 5.73 Å². The van der Waals surface area contributed by atoms with E-state index in [1.165, 1.54) is 4.88 Å². The molecule has 21 heavy (non-hydrogen) atoms. The van der Waals surface area contributed by atoms with E-state index in [0.717, 1.165) is 27.4 Å². The lowest BCUT2D eigenvalue weighted by atomic mass is 10.0. The van der Waals surface area contributed by atoms with Crippen LogP contribution in [0.15, 0.2) is 47.1 Å². The van der Waals surface area contributed by atoms with Crippen molar-refractivity contribution in [2.45, 2.75) is 12.6 Å². The summed E-state index contributed by atoms with van der Waals surface area (Å²) in [5.74, 6) is 0. The highest BCUT2D eigenvalue weighted by atomic mass is 35.5. The summed E-state index contributed by atoms with van der Waals surface area (Å²) < 4.78 is 6.45. The molecule has 2 aromatic heterocycles. The van der Waals surface area contributed by atoms with E-state index in [2.05, 4.69) is 24.1 Å². The number of halogens is 1. The van der Waals surface area contributed by atoms with E-state index in [1.807, 2.05) is 30.5 Å². The number of para-hydroxylation sites is 1. The molecule has 1 atom stereocenters. The van der Waals surface area contributed by atoms with Gasteiger partial charge in [-0.25, -0.2) is 0 Å². The van der Waals surface area contributed by atoms with Crippen molar-refractivity contribution in [2.75, 3.05) is 13.6 Å². The van der Waals surface area contributed by atoms with E-state index < -0.39 is 0 Å². The van der Waals surface area contributed by atoms with Gasteiger partial charge in [-0.05, 0) is 25.2 Å². The maximum absolute atomic E-state index is 6.01. The van der Waals surface area contributed by atoms with Crippen LogP contribution in [0.4, 0.5) is 0 Å². The van der Waals surface area contributed by atoms with Crippen LogP contribution in [0, 0.1) is 0 Å². The Hall–Kier alpha value is -1.33. The Morgan fingerprint density at radius 2 is 2.10 bits per heavy atom. The number of hydrogen-bond donors (Lipinski definition) is 1. The number of nitrogens with zero attached hydrogens (tertiary/aromatic N) is 1. The zero-order valence-corrected chi connectivity index (χ0v) is 13.3. The van der Waals surface area contributed by atoms with Gasteiger partial charge in [0.05, 0.1) is 16.6 Å². The van der Waals surface area contributed by atoms with Crippen LogP contribution in [0.1, 0.15) is 16.5 Å². The molecule has 3 aromatic rings. The van der Waals surface area contributed by atoms with Crippen LogP contribution in [0.5, 0.6) is 0 Å². The van der Waals surface area contributed by atoms with Crippen LogP contribution >= 0.6 is 22.9 Å². The summed E-state index contributed by atoms with van der Waals surface area (Å²) in [6.45, 7) is 1.36. The molecule has 0 fully saturated rings. The van der Waals surface area contributed by atoms with Gasteiger partial charge in [-0.15, -0.1) is 11.3 Å². The monoisotopic (exact) mass is 320 g/mol. The summed E-state index contributed by atoms with van der Waals surface area (Å²) in [4.78, 5) is 3.47. The van der Waals surface area contributed by atoms with Crippen molar-refractivity contribution in [2.24, 2.45) is 5.73 Å². The summed E-state index contributed by atoms with van der Waals surface area (Å²) in [6, 6.07) is 12.2. The Morgan fingerprint density at radius 1 is 1.29 bits per heavy atom. The minimum Gasteiger partial charge on any atom is -0.464 e. The van der Waals surface area contributed by atoms with Gasteiger partial charge in [-0.2, -0.15) is 0 Å². The van der Waals surface area contributed by atoms with Gasteiger partial charge < -0.3 is 10.2 Å². The second kappa shape index (κ2) is 6.20. The Bertz CT molecular complexity index is 737. The molecule has 0 saturated heterocycles. The average molecular weight is 321 g/mol. The number of hydrogen-bond acceptors (Lipinski definition) is 4. The summed E-state index contributed by atoms with van der Waals surface area (Å²) in [7, 11) is 2.08. The van der Waals surface area contributed by atoms with Gasteiger partial charge in [-0.3, -0.25) is 4.90 Å². The van der Waals surface area contributed by atoms with Crippen LogP contribution in [0.3, 0.4) is 0 Å². The van der Waals surface area contributed by atoms with Crippen LogP contribution in [-0.2, 0) is 6.54 Å². The van der Waals surface area contributed by atoms with E-state index in [4.69, 9.17) is 21.8 Å². The van der Waals surface area contributed by atoms with Gasteiger partial charge in [0.1, 0.15) is 5.58 Å². The third-order valence-corrected chi connectivity index (χ3v) is 4.88. The summed E-state index contributed by atoms with van der Waals surface area (Å²) in [5.41, 5.74) is 8.05. The van der Waals surface area contributed by atoms with Crippen LogP contribution in [0.2, 0.25) is 4.34 Å². The van der Waals surface area contributed by atoms with E-state index in [9.17, 15) is 0 Å². The third kappa shape index (κ3) is 2.99. The molecular weight excluding hydrogens is 304 g/mol. The number of likely N-dealkylation sites (N-methyl/N-ethyl adjacent to an activating group) is 1. The van der Waals surface area contributed by atoms with Gasteiger partial charge in [0.25, 0.3) is 0 Å². The van der Waals surface area contributed by atoms with Gasteiger partial charge >= 0.3 is 0 Å². The molecule has 3 nitrogen and oxygen atoms in total. The molecule has 2 heterocycles. The highest BCUT2D eigenvalue weighted by Gasteiger charge is 2.20. The number of thiophene rings is 1. The van der Waals surface area contributed by atoms with Crippen molar-refractivity contribution in [3.05, 3.63) is 57.4 Å². The highest BCUT2D eigenvalue weighted by Crippen LogP contribution is 2.31. The van der Waals surface area contributed by atoms with E-state index in [0.29, 0.717) is 6.54 Å². The minimum absolute atomic E-state index is 0.120. The molecule has 0 saturated carbocycles. The van der Waals surface area contributed by atoms with E-state index in [1.54, 1.807) is 11.3 Å². The van der Waals surface area contributed by atoms with Gasteiger partial charge in [-0.1, -0.05) is 29.8 Å². The van der Waals surface area contributed by atoms with Crippen molar-refractivity contribution in [1.82, 2.24) is 4.90 Å². The Kier molecular flexibility index (Phi) is 4.31. The average Bonchev–Trinajstić information content (AvgIpc) is 3.07.